The molecular formula is C17H26N4. The Balaban J connectivity index is 1.54. The van der Waals surface area contributed by atoms with Gasteiger partial charge >= 0.3 is 0 Å². The second-order valence-corrected chi connectivity index (χ2v) is 6.08. The van der Waals surface area contributed by atoms with Gasteiger partial charge in [0.15, 0.2) is 0 Å². The number of hydrogen-bond donors (Lipinski definition) is 1. The molecule has 1 aliphatic rings. The predicted octanol–water partition coefficient (Wildman–Crippen LogP) is 2.46. The summed E-state index contributed by atoms with van der Waals surface area (Å²) in [5.41, 5.74) is 3.47. The quantitative estimate of drug-likeness (QED) is 0.916. The number of pyridine rings is 1. The number of rotatable bonds is 5. The molecule has 0 amide bonds. The average Bonchev–Trinajstić information content (AvgIpc) is 2.84. The first kappa shape index (κ1) is 14.5. The van der Waals surface area contributed by atoms with Crippen LogP contribution in [0.25, 0.3) is 5.65 Å². The van der Waals surface area contributed by atoms with E-state index in [4.69, 9.17) is 0 Å². The molecule has 1 fully saturated rings. The third kappa shape index (κ3) is 3.27. The molecule has 21 heavy (non-hydrogen) atoms. The number of nitrogens with zero attached hydrogens (tertiary/aromatic N) is 3. The van der Waals surface area contributed by atoms with Crippen molar-refractivity contribution in [3.8, 4) is 0 Å². The highest BCUT2D eigenvalue weighted by molar-refractivity contribution is 5.42. The number of nitrogens with one attached hydrogen (secondary N) is 1. The first-order valence-electron chi connectivity index (χ1n) is 8.13. The Hall–Kier alpha value is -1.39. The molecule has 0 radical (unpaired) electrons. The fourth-order valence-corrected chi connectivity index (χ4v) is 3.28. The average molecular weight is 286 g/mol. The van der Waals surface area contributed by atoms with Crippen molar-refractivity contribution in [2.24, 2.45) is 5.92 Å². The maximum atomic E-state index is 4.62. The van der Waals surface area contributed by atoms with E-state index >= 15 is 0 Å². The molecule has 114 valence electrons. The summed E-state index contributed by atoms with van der Waals surface area (Å²) < 4.78 is 2.20. The first-order chi connectivity index (χ1) is 10.3. The largest absolute Gasteiger partial charge is 0.311 e. The second kappa shape index (κ2) is 6.58. The molecule has 0 spiro atoms. The monoisotopic (exact) mass is 286 g/mol. The van der Waals surface area contributed by atoms with Crippen LogP contribution in [0.5, 0.6) is 0 Å². The molecule has 0 saturated carbocycles. The summed E-state index contributed by atoms with van der Waals surface area (Å²) in [7, 11) is 0. The summed E-state index contributed by atoms with van der Waals surface area (Å²) in [6, 6.07) is 6.18. The van der Waals surface area contributed by atoms with Crippen molar-refractivity contribution in [1.29, 1.82) is 0 Å². The van der Waals surface area contributed by atoms with Gasteiger partial charge < -0.3 is 14.6 Å². The number of aryl methyl sites for hydroxylation is 1. The molecule has 0 unspecified atom stereocenters. The molecular weight excluding hydrogens is 260 g/mol. The maximum Gasteiger partial charge on any atom is 0.137 e. The molecule has 1 N–H and O–H groups in total. The highest BCUT2D eigenvalue weighted by Gasteiger charge is 2.17. The van der Waals surface area contributed by atoms with Crippen LogP contribution in [0.15, 0.2) is 24.4 Å². The number of hydrogen-bond acceptors (Lipinski definition) is 3. The predicted molar refractivity (Wildman–Crippen MR) is 86.5 cm³/mol. The van der Waals surface area contributed by atoms with Crippen LogP contribution in [0.1, 0.15) is 31.2 Å². The number of aromatic nitrogens is 2. The van der Waals surface area contributed by atoms with E-state index in [1.54, 1.807) is 0 Å². The summed E-state index contributed by atoms with van der Waals surface area (Å²) in [6.07, 6.45) is 4.76. The maximum absolute atomic E-state index is 4.62. The molecule has 3 heterocycles. The van der Waals surface area contributed by atoms with Crippen molar-refractivity contribution in [2.75, 3.05) is 26.2 Å². The molecule has 0 bridgehead atoms. The molecule has 0 atom stereocenters. The van der Waals surface area contributed by atoms with E-state index in [1.165, 1.54) is 38.2 Å². The van der Waals surface area contributed by atoms with Crippen LogP contribution in [0.2, 0.25) is 0 Å². The zero-order valence-corrected chi connectivity index (χ0v) is 13.2. The molecule has 3 rings (SSSR count). The topological polar surface area (TPSA) is 32.6 Å². The van der Waals surface area contributed by atoms with Gasteiger partial charge in [0.1, 0.15) is 5.65 Å². The van der Waals surface area contributed by atoms with Gasteiger partial charge in [-0.2, -0.15) is 0 Å². The van der Waals surface area contributed by atoms with Crippen molar-refractivity contribution in [3.05, 3.63) is 35.8 Å². The first-order valence-corrected chi connectivity index (χ1v) is 8.13. The lowest BCUT2D eigenvalue weighted by molar-refractivity contribution is 0.190. The van der Waals surface area contributed by atoms with E-state index in [-0.39, 0.29) is 0 Å². The molecule has 2 aromatic rings. The van der Waals surface area contributed by atoms with E-state index in [2.05, 4.69) is 51.8 Å². The third-order valence-electron chi connectivity index (χ3n) is 4.71. The van der Waals surface area contributed by atoms with Gasteiger partial charge in [0.25, 0.3) is 0 Å². The summed E-state index contributed by atoms with van der Waals surface area (Å²) in [6.45, 7) is 10.1. The van der Waals surface area contributed by atoms with E-state index < -0.39 is 0 Å². The van der Waals surface area contributed by atoms with Gasteiger partial charge in [-0.1, -0.05) is 13.0 Å². The van der Waals surface area contributed by atoms with E-state index in [0.717, 1.165) is 30.3 Å². The van der Waals surface area contributed by atoms with Crippen LogP contribution in [-0.2, 0) is 6.54 Å². The minimum absolute atomic E-state index is 0.826. The van der Waals surface area contributed by atoms with Crippen LogP contribution in [0, 0.1) is 12.8 Å². The molecule has 2 aromatic heterocycles. The number of fused-ring (bicyclic) bond motifs is 1. The standard InChI is InChI=1S/C17H26N4/c1-3-20-10-7-15(8-11-20)12-18-13-16-14(2)19-17-6-4-5-9-21(16)17/h4-6,9,15,18H,3,7-8,10-13H2,1-2H3. The van der Waals surface area contributed by atoms with Crippen molar-refractivity contribution >= 4 is 5.65 Å². The number of likely N-dealkylation sites (tertiary alicyclic amines) is 1. The Bertz CT molecular complexity index is 581. The minimum atomic E-state index is 0.826. The molecule has 1 saturated heterocycles. The Labute approximate surface area is 127 Å². The molecule has 1 aliphatic heterocycles. The van der Waals surface area contributed by atoms with E-state index in [0.29, 0.717) is 0 Å². The van der Waals surface area contributed by atoms with Crippen molar-refractivity contribution in [2.45, 2.75) is 33.2 Å². The summed E-state index contributed by atoms with van der Waals surface area (Å²) in [5, 5.41) is 3.64. The van der Waals surface area contributed by atoms with Crippen LogP contribution >= 0.6 is 0 Å². The summed E-state index contributed by atoms with van der Waals surface area (Å²) >= 11 is 0. The van der Waals surface area contributed by atoms with Gasteiger partial charge in [-0.3, -0.25) is 0 Å². The van der Waals surface area contributed by atoms with Gasteiger partial charge in [-0.05, 0) is 64.0 Å². The fourth-order valence-electron chi connectivity index (χ4n) is 3.28. The Morgan fingerprint density at radius 1 is 1.29 bits per heavy atom. The SMILES string of the molecule is CCN1CCC(CNCc2c(C)nc3ccccn23)CC1. The van der Waals surface area contributed by atoms with Crippen molar-refractivity contribution in [1.82, 2.24) is 19.6 Å². The zero-order valence-electron chi connectivity index (χ0n) is 13.2. The van der Waals surface area contributed by atoms with Crippen molar-refractivity contribution in [3.63, 3.8) is 0 Å². The molecule has 0 aliphatic carbocycles. The third-order valence-corrected chi connectivity index (χ3v) is 4.71. The van der Waals surface area contributed by atoms with Gasteiger partial charge in [-0.25, -0.2) is 4.98 Å². The van der Waals surface area contributed by atoms with Crippen LogP contribution in [0.3, 0.4) is 0 Å². The second-order valence-electron chi connectivity index (χ2n) is 6.08. The summed E-state index contributed by atoms with van der Waals surface area (Å²) in [4.78, 5) is 7.16. The Morgan fingerprint density at radius 2 is 2.10 bits per heavy atom. The van der Waals surface area contributed by atoms with E-state index in [1.807, 2.05) is 6.07 Å². The zero-order chi connectivity index (χ0) is 14.7. The molecule has 4 heteroatoms. The number of piperidine rings is 1. The lowest BCUT2D eigenvalue weighted by Crippen LogP contribution is -2.37. The highest BCUT2D eigenvalue weighted by atomic mass is 15.1. The Kier molecular flexibility index (Phi) is 4.56. The lowest BCUT2D eigenvalue weighted by atomic mass is 9.97. The summed E-state index contributed by atoms with van der Waals surface area (Å²) in [5.74, 6) is 0.826. The lowest BCUT2D eigenvalue weighted by Gasteiger charge is -2.31. The molecule has 4 nitrogen and oxygen atoms in total. The minimum Gasteiger partial charge on any atom is -0.311 e. The number of imidazole rings is 1. The highest BCUT2D eigenvalue weighted by Crippen LogP contribution is 2.16. The van der Waals surface area contributed by atoms with Gasteiger partial charge in [-0.15, -0.1) is 0 Å². The van der Waals surface area contributed by atoms with Crippen LogP contribution in [0.4, 0.5) is 0 Å². The molecule has 0 aromatic carbocycles. The van der Waals surface area contributed by atoms with Crippen LogP contribution < -0.4 is 5.32 Å². The van der Waals surface area contributed by atoms with Gasteiger partial charge in [0.05, 0.1) is 11.4 Å². The van der Waals surface area contributed by atoms with Crippen molar-refractivity contribution < 1.29 is 0 Å². The van der Waals surface area contributed by atoms with Gasteiger partial charge in [0, 0.05) is 12.7 Å². The fraction of sp³-hybridized carbons (Fsp3) is 0.588. The normalized spacial score (nSPS) is 17.6. The van der Waals surface area contributed by atoms with Crippen LogP contribution in [-0.4, -0.2) is 40.5 Å². The van der Waals surface area contributed by atoms with E-state index in [9.17, 15) is 0 Å². The smallest absolute Gasteiger partial charge is 0.137 e. The Morgan fingerprint density at radius 3 is 2.86 bits per heavy atom. The van der Waals surface area contributed by atoms with Gasteiger partial charge in [0.2, 0.25) is 0 Å².